The Morgan fingerprint density at radius 1 is 1.35 bits per heavy atom. The smallest absolute Gasteiger partial charge is 0.274 e. The van der Waals surface area contributed by atoms with Crippen molar-refractivity contribution >= 4 is 11.8 Å². The Morgan fingerprint density at radius 2 is 2.10 bits per heavy atom. The molecule has 0 atom stereocenters. The normalized spacial score (nSPS) is 14.1. The SMILES string of the molecule is CC(C)CC(=O)N1CCc2cc(C(=O)NO)ccc2C1. The van der Waals surface area contributed by atoms with E-state index in [0.717, 1.165) is 17.5 Å². The minimum atomic E-state index is -0.508. The average Bonchev–Trinajstić information content (AvgIpc) is 2.44. The van der Waals surface area contributed by atoms with Crippen molar-refractivity contribution in [2.24, 2.45) is 5.92 Å². The Morgan fingerprint density at radius 3 is 2.75 bits per heavy atom. The van der Waals surface area contributed by atoms with Crippen LogP contribution >= 0.6 is 0 Å². The summed E-state index contributed by atoms with van der Waals surface area (Å²) in [5.41, 5.74) is 4.21. The van der Waals surface area contributed by atoms with Crippen molar-refractivity contribution in [3.63, 3.8) is 0 Å². The van der Waals surface area contributed by atoms with E-state index in [1.54, 1.807) is 17.6 Å². The maximum Gasteiger partial charge on any atom is 0.274 e. The van der Waals surface area contributed by atoms with Crippen LogP contribution in [0.15, 0.2) is 18.2 Å². The summed E-state index contributed by atoms with van der Waals surface area (Å²) in [6, 6.07) is 5.31. The first-order valence-corrected chi connectivity index (χ1v) is 6.85. The quantitative estimate of drug-likeness (QED) is 0.652. The molecule has 2 rings (SSSR count). The van der Waals surface area contributed by atoms with Gasteiger partial charge in [-0.2, -0.15) is 0 Å². The highest BCUT2D eigenvalue weighted by Gasteiger charge is 2.21. The maximum absolute atomic E-state index is 12.1. The molecular formula is C15H20N2O3. The maximum atomic E-state index is 12.1. The average molecular weight is 276 g/mol. The molecule has 0 saturated heterocycles. The van der Waals surface area contributed by atoms with E-state index in [-0.39, 0.29) is 5.91 Å². The summed E-state index contributed by atoms with van der Waals surface area (Å²) >= 11 is 0. The third-order valence-corrected chi connectivity index (χ3v) is 3.52. The first kappa shape index (κ1) is 14.5. The second kappa shape index (κ2) is 6.05. The molecule has 1 aromatic carbocycles. The van der Waals surface area contributed by atoms with Gasteiger partial charge >= 0.3 is 0 Å². The van der Waals surface area contributed by atoms with Gasteiger partial charge in [-0.3, -0.25) is 14.8 Å². The standard InChI is InChI=1S/C15H20N2O3/c1-10(2)7-14(18)17-6-5-11-8-12(15(19)16-20)3-4-13(11)9-17/h3-4,8,10,20H,5-7,9H2,1-2H3,(H,16,19). The summed E-state index contributed by atoms with van der Waals surface area (Å²) in [5.74, 6) is 0.0356. The lowest BCUT2D eigenvalue weighted by Crippen LogP contribution is -2.36. The van der Waals surface area contributed by atoms with E-state index in [1.807, 2.05) is 24.8 Å². The third kappa shape index (κ3) is 3.17. The summed E-state index contributed by atoms with van der Waals surface area (Å²) in [6.07, 6.45) is 1.31. The molecule has 1 aliphatic heterocycles. The van der Waals surface area contributed by atoms with Crippen LogP contribution < -0.4 is 5.48 Å². The van der Waals surface area contributed by atoms with Crippen molar-refractivity contribution < 1.29 is 14.8 Å². The molecule has 0 unspecified atom stereocenters. The van der Waals surface area contributed by atoms with Crippen LogP contribution in [-0.4, -0.2) is 28.5 Å². The number of benzene rings is 1. The molecule has 1 aliphatic rings. The number of carbonyl (C=O) groups is 2. The predicted octanol–water partition coefficient (Wildman–Crippen LogP) is 1.74. The Labute approximate surface area is 118 Å². The zero-order valence-corrected chi connectivity index (χ0v) is 11.8. The summed E-state index contributed by atoms with van der Waals surface area (Å²) in [7, 11) is 0. The fourth-order valence-corrected chi connectivity index (χ4v) is 2.45. The molecule has 1 aromatic rings. The van der Waals surface area contributed by atoms with Gasteiger partial charge in [0.2, 0.25) is 5.91 Å². The van der Waals surface area contributed by atoms with Gasteiger partial charge in [0.15, 0.2) is 0 Å². The number of nitrogens with one attached hydrogen (secondary N) is 1. The zero-order chi connectivity index (χ0) is 14.7. The summed E-state index contributed by atoms with van der Waals surface area (Å²) in [6.45, 7) is 5.36. The van der Waals surface area contributed by atoms with Crippen LogP contribution in [0.5, 0.6) is 0 Å². The number of hydrogen-bond donors (Lipinski definition) is 2. The van der Waals surface area contributed by atoms with Crippen molar-refractivity contribution in [3.8, 4) is 0 Å². The van der Waals surface area contributed by atoms with Gasteiger partial charge in [-0.05, 0) is 35.6 Å². The lowest BCUT2D eigenvalue weighted by atomic mass is 9.96. The molecule has 0 bridgehead atoms. The van der Waals surface area contributed by atoms with Crippen LogP contribution in [0, 0.1) is 5.92 Å². The number of nitrogens with zero attached hydrogens (tertiary/aromatic N) is 1. The molecule has 0 saturated carbocycles. The largest absolute Gasteiger partial charge is 0.338 e. The zero-order valence-electron chi connectivity index (χ0n) is 11.8. The van der Waals surface area contributed by atoms with E-state index >= 15 is 0 Å². The molecule has 0 spiro atoms. The van der Waals surface area contributed by atoms with Gasteiger partial charge in [-0.1, -0.05) is 19.9 Å². The van der Waals surface area contributed by atoms with Crippen LogP contribution in [0.4, 0.5) is 0 Å². The van der Waals surface area contributed by atoms with Crippen molar-refractivity contribution in [1.29, 1.82) is 0 Å². The topological polar surface area (TPSA) is 69.6 Å². The Kier molecular flexibility index (Phi) is 4.39. The van der Waals surface area contributed by atoms with Gasteiger partial charge in [0.1, 0.15) is 0 Å². The van der Waals surface area contributed by atoms with E-state index in [2.05, 4.69) is 0 Å². The van der Waals surface area contributed by atoms with Crippen LogP contribution in [0.25, 0.3) is 0 Å². The first-order valence-electron chi connectivity index (χ1n) is 6.85. The van der Waals surface area contributed by atoms with Crippen molar-refractivity contribution in [2.45, 2.75) is 33.2 Å². The molecule has 1 heterocycles. The molecule has 0 aromatic heterocycles. The van der Waals surface area contributed by atoms with Crippen molar-refractivity contribution in [3.05, 3.63) is 34.9 Å². The van der Waals surface area contributed by atoms with Gasteiger partial charge in [-0.15, -0.1) is 0 Å². The number of hydrogen-bond acceptors (Lipinski definition) is 3. The highest BCUT2D eigenvalue weighted by Crippen LogP contribution is 2.21. The Bertz CT molecular complexity index is 526. The number of amides is 2. The second-order valence-corrected chi connectivity index (χ2v) is 5.59. The van der Waals surface area contributed by atoms with Crippen LogP contribution in [-0.2, 0) is 17.8 Å². The highest BCUT2D eigenvalue weighted by atomic mass is 16.5. The van der Waals surface area contributed by atoms with E-state index in [9.17, 15) is 9.59 Å². The van der Waals surface area contributed by atoms with Gasteiger partial charge in [-0.25, -0.2) is 5.48 Å². The lowest BCUT2D eigenvalue weighted by Gasteiger charge is -2.29. The second-order valence-electron chi connectivity index (χ2n) is 5.59. The Hall–Kier alpha value is -1.88. The predicted molar refractivity (Wildman–Crippen MR) is 74.3 cm³/mol. The van der Waals surface area contributed by atoms with Crippen LogP contribution in [0.3, 0.4) is 0 Å². The third-order valence-electron chi connectivity index (χ3n) is 3.52. The Balaban J connectivity index is 2.11. The van der Waals surface area contributed by atoms with E-state index in [1.165, 1.54) is 0 Å². The first-order chi connectivity index (χ1) is 9.51. The van der Waals surface area contributed by atoms with Gasteiger partial charge in [0.05, 0.1) is 0 Å². The van der Waals surface area contributed by atoms with Gasteiger partial charge in [0, 0.05) is 25.1 Å². The van der Waals surface area contributed by atoms with Gasteiger partial charge in [0.25, 0.3) is 5.91 Å². The van der Waals surface area contributed by atoms with Crippen LogP contribution in [0.2, 0.25) is 0 Å². The molecule has 0 radical (unpaired) electrons. The van der Waals surface area contributed by atoms with E-state index in [4.69, 9.17) is 5.21 Å². The molecular weight excluding hydrogens is 256 g/mol. The molecule has 5 heteroatoms. The monoisotopic (exact) mass is 276 g/mol. The minimum Gasteiger partial charge on any atom is -0.338 e. The van der Waals surface area contributed by atoms with Crippen LogP contribution in [0.1, 0.15) is 41.8 Å². The van der Waals surface area contributed by atoms with Crippen molar-refractivity contribution in [1.82, 2.24) is 10.4 Å². The molecule has 2 amide bonds. The minimum absolute atomic E-state index is 0.183. The summed E-state index contributed by atoms with van der Waals surface area (Å²) in [5, 5.41) is 8.64. The van der Waals surface area contributed by atoms with E-state index < -0.39 is 5.91 Å². The number of hydroxylamine groups is 1. The summed E-state index contributed by atoms with van der Waals surface area (Å²) in [4.78, 5) is 25.3. The number of carbonyl (C=O) groups excluding carboxylic acids is 2. The molecule has 2 N–H and O–H groups in total. The van der Waals surface area contributed by atoms with Gasteiger partial charge < -0.3 is 4.90 Å². The fourth-order valence-electron chi connectivity index (χ4n) is 2.45. The van der Waals surface area contributed by atoms with Crippen molar-refractivity contribution in [2.75, 3.05) is 6.54 Å². The molecule has 5 nitrogen and oxygen atoms in total. The molecule has 108 valence electrons. The number of fused-ring (bicyclic) bond motifs is 1. The highest BCUT2D eigenvalue weighted by molar-refractivity contribution is 5.93. The summed E-state index contributed by atoms with van der Waals surface area (Å²) < 4.78 is 0. The number of rotatable bonds is 3. The molecule has 0 fully saturated rings. The fraction of sp³-hybridized carbons (Fsp3) is 0.467. The lowest BCUT2D eigenvalue weighted by molar-refractivity contribution is -0.132. The molecule has 20 heavy (non-hydrogen) atoms. The molecule has 0 aliphatic carbocycles. The van der Waals surface area contributed by atoms with E-state index in [0.29, 0.717) is 31.0 Å².